The van der Waals surface area contributed by atoms with Crippen LogP contribution in [0.15, 0.2) is 70.6 Å². The van der Waals surface area contributed by atoms with Crippen LogP contribution in [0.1, 0.15) is 5.56 Å². The first-order valence-corrected chi connectivity index (χ1v) is 8.67. The molecule has 1 amide bonds. The Bertz CT molecular complexity index is 805. The minimum absolute atomic E-state index is 0.141. The lowest BCUT2D eigenvalue weighted by Gasteiger charge is -2.17. The van der Waals surface area contributed by atoms with Gasteiger partial charge in [-0.05, 0) is 29.5 Å². The molecule has 1 heterocycles. The van der Waals surface area contributed by atoms with Crippen molar-refractivity contribution in [3.63, 3.8) is 0 Å². The van der Waals surface area contributed by atoms with Crippen molar-refractivity contribution in [1.29, 1.82) is 5.41 Å². The fourth-order valence-electron chi connectivity index (χ4n) is 2.43. The maximum atomic E-state index is 12.6. The van der Waals surface area contributed by atoms with Crippen molar-refractivity contribution < 1.29 is 4.79 Å². The Balaban J connectivity index is 1.79. The third-order valence-corrected chi connectivity index (χ3v) is 4.96. The van der Waals surface area contributed by atoms with Crippen molar-refractivity contribution in [2.24, 2.45) is 0 Å². The van der Waals surface area contributed by atoms with Crippen molar-refractivity contribution in [1.82, 2.24) is 4.90 Å². The number of hydrogen-bond donors (Lipinski definition) is 2. The molecule has 0 spiro atoms. The molecular weight excluding hydrogens is 338 g/mol. The fraction of sp³-hybridized carbons (Fsp3) is 0.111. The lowest BCUT2D eigenvalue weighted by Crippen LogP contribution is -2.28. The summed E-state index contributed by atoms with van der Waals surface area (Å²) in [6.45, 7) is 0.412. The maximum Gasteiger partial charge on any atom is 0.268 e. The molecule has 0 atom stereocenters. The zero-order valence-corrected chi connectivity index (χ0v) is 14.8. The lowest BCUT2D eigenvalue weighted by atomic mass is 10.2. The standard InChI is InChI=1S/C18H17N3OS2/c1-20(14-9-5-6-10-15(14)23)12-16-17(22)21(18(19)24-16)11-13-7-3-2-4-8-13/h2-10,12,19,23H,11H2,1H3/b16-12+,19-18?. The number of amides is 1. The molecule has 24 heavy (non-hydrogen) atoms. The molecule has 4 nitrogen and oxygen atoms in total. The van der Waals surface area contributed by atoms with Crippen LogP contribution in [-0.4, -0.2) is 23.0 Å². The van der Waals surface area contributed by atoms with Crippen LogP contribution in [0.5, 0.6) is 0 Å². The summed E-state index contributed by atoms with van der Waals surface area (Å²) in [7, 11) is 1.87. The Kier molecular flexibility index (Phi) is 4.97. The number of thioether (sulfide) groups is 1. The number of carbonyl (C=O) groups is 1. The molecule has 1 fully saturated rings. The zero-order valence-electron chi connectivity index (χ0n) is 13.1. The smallest absolute Gasteiger partial charge is 0.268 e. The second-order valence-electron chi connectivity index (χ2n) is 5.38. The Morgan fingerprint density at radius 1 is 1.17 bits per heavy atom. The highest BCUT2D eigenvalue weighted by Crippen LogP contribution is 2.32. The van der Waals surface area contributed by atoms with Gasteiger partial charge in [-0.1, -0.05) is 42.5 Å². The van der Waals surface area contributed by atoms with Crippen LogP contribution < -0.4 is 4.90 Å². The van der Waals surface area contributed by atoms with Crippen LogP contribution in [0.4, 0.5) is 5.69 Å². The molecule has 6 heteroatoms. The average molecular weight is 355 g/mol. The molecule has 2 aromatic rings. The number of para-hydroxylation sites is 1. The SMILES string of the molecule is CN(/C=C1/SC(=N)N(Cc2ccccc2)C1=O)c1ccccc1S. The van der Waals surface area contributed by atoms with E-state index in [9.17, 15) is 4.79 Å². The van der Waals surface area contributed by atoms with Gasteiger partial charge in [0.2, 0.25) is 0 Å². The molecule has 122 valence electrons. The topological polar surface area (TPSA) is 47.4 Å². The van der Waals surface area contributed by atoms with Crippen molar-refractivity contribution in [3.8, 4) is 0 Å². The van der Waals surface area contributed by atoms with E-state index in [0.29, 0.717) is 11.4 Å². The van der Waals surface area contributed by atoms with E-state index >= 15 is 0 Å². The predicted octanol–water partition coefficient (Wildman–Crippen LogP) is 3.96. The van der Waals surface area contributed by atoms with E-state index in [-0.39, 0.29) is 11.1 Å². The summed E-state index contributed by atoms with van der Waals surface area (Å²) < 4.78 is 0. The number of nitrogens with one attached hydrogen (secondary N) is 1. The molecule has 0 aliphatic carbocycles. The Labute approximate surface area is 151 Å². The van der Waals surface area contributed by atoms with Gasteiger partial charge in [0.05, 0.1) is 17.1 Å². The van der Waals surface area contributed by atoms with Gasteiger partial charge < -0.3 is 4.90 Å². The maximum absolute atomic E-state index is 12.6. The highest BCUT2D eigenvalue weighted by Gasteiger charge is 2.32. The fourth-order valence-corrected chi connectivity index (χ4v) is 3.62. The molecule has 1 aliphatic heterocycles. The molecule has 0 radical (unpaired) electrons. The molecule has 0 saturated carbocycles. The third-order valence-electron chi connectivity index (χ3n) is 3.66. The summed E-state index contributed by atoms with van der Waals surface area (Å²) in [4.78, 5) is 17.4. The Morgan fingerprint density at radius 3 is 2.54 bits per heavy atom. The average Bonchev–Trinajstić information content (AvgIpc) is 2.84. The van der Waals surface area contributed by atoms with Gasteiger partial charge >= 0.3 is 0 Å². The Morgan fingerprint density at radius 2 is 1.83 bits per heavy atom. The van der Waals surface area contributed by atoms with E-state index in [2.05, 4.69) is 12.6 Å². The van der Waals surface area contributed by atoms with Crippen molar-refractivity contribution >= 4 is 41.2 Å². The first-order chi connectivity index (χ1) is 11.6. The summed E-state index contributed by atoms with van der Waals surface area (Å²) in [5, 5.41) is 8.35. The monoisotopic (exact) mass is 355 g/mol. The Hall–Kier alpha value is -2.18. The summed E-state index contributed by atoms with van der Waals surface area (Å²) in [6, 6.07) is 17.4. The number of rotatable bonds is 4. The molecule has 1 aliphatic rings. The van der Waals surface area contributed by atoms with Crippen LogP contribution in [0.25, 0.3) is 0 Å². The van der Waals surface area contributed by atoms with Gasteiger partial charge in [0.1, 0.15) is 0 Å². The van der Waals surface area contributed by atoms with Crippen LogP contribution in [0.2, 0.25) is 0 Å². The molecule has 0 bridgehead atoms. The second kappa shape index (κ2) is 7.15. The third kappa shape index (κ3) is 3.49. The molecule has 0 unspecified atom stereocenters. The van der Waals surface area contributed by atoms with E-state index in [4.69, 9.17) is 5.41 Å². The summed E-state index contributed by atoms with van der Waals surface area (Å²) in [6.07, 6.45) is 1.77. The number of anilines is 1. The van der Waals surface area contributed by atoms with E-state index in [0.717, 1.165) is 16.1 Å². The highest BCUT2D eigenvalue weighted by molar-refractivity contribution is 8.18. The van der Waals surface area contributed by atoms with Crippen molar-refractivity contribution in [3.05, 3.63) is 71.3 Å². The van der Waals surface area contributed by atoms with Gasteiger partial charge in [0, 0.05) is 18.1 Å². The molecule has 1 saturated heterocycles. The second-order valence-corrected chi connectivity index (χ2v) is 6.89. The first kappa shape index (κ1) is 16.7. The number of nitrogens with zero attached hydrogens (tertiary/aromatic N) is 2. The van der Waals surface area contributed by atoms with Gasteiger partial charge in [-0.25, -0.2) is 0 Å². The van der Waals surface area contributed by atoms with Crippen molar-refractivity contribution in [2.45, 2.75) is 11.4 Å². The predicted molar refractivity (Wildman–Crippen MR) is 102 cm³/mol. The summed E-state index contributed by atoms with van der Waals surface area (Å²) in [5.74, 6) is -0.141. The number of benzene rings is 2. The number of hydrogen-bond acceptors (Lipinski definition) is 5. The van der Waals surface area contributed by atoms with E-state index in [1.54, 1.807) is 6.20 Å². The van der Waals surface area contributed by atoms with Gasteiger partial charge in [-0.15, -0.1) is 12.6 Å². The van der Waals surface area contributed by atoms with Crippen LogP contribution in [0, 0.1) is 5.41 Å². The minimum atomic E-state index is -0.141. The molecule has 1 N–H and O–H groups in total. The first-order valence-electron chi connectivity index (χ1n) is 7.41. The lowest BCUT2D eigenvalue weighted by molar-refractivity contribution is -0.122. The molecular formula is C18H17N3OS2. The largest absolute Gasteiger partial charge is 0.349 e. The van der Waals surface area contributed by atoms with Crippen LogP contribution in [-0.2, 0) is 11.3 Å². The quantitative estimate of drug-likeness (QED) is 0.645. The van der Waals surface area contributed by atoms with Gasteiger partial charge in [-0.3, -0.25) is 15.1 Å². The summed E-state index contributed by atoms with van der Waals surface area (Å²) in [5.41, 5.74) is 1.92. The number of amidine groups is 1. The van der Waals surface area contributed by atoms with Crippen molar-refractivity contribution in [2.75, 3.05) is 11.9 Å². The van der Waals surface area contributed by atoms with E-state index < -0.39 is 0 Å². The van der Waals surface area contributed by atoms with Gasteiger partial charge in [0.15, 0.2) is 5.17 Å². The van der Waals surface area contributed by atoms with E-state index in [1.807, 2.05) is 66.5 Å². The number of thiol groups is 1. The zero-order chi connectivity index (χ0) is 17.1. The van der Waals surface area contributed by atoms with Gasteiger partial charge in [-0.2, -0.15) is 0 Å². The minimum Gasteiger partial charge on any atom is -0.349 e. The van der Waals surface area contributed by atoms with Crippen LogP contribution >= 0.6 is 24.4 Å². The molecule has 2 aromatic carbocycles. The molecule has 0 aromatic heterocycles. The van der Waals surface area contributed by atoms with Gasteiger partial charge in [0.25, 0.3) is 5.91 Å². The summed E-state index contributed by atoms with van der Waals surface area (Å²) >= 11 is 5.63. The molecule has 3 rings (SSSR count). The van der Waals surface area contributed by atoms with Crippen LogP contribution in [0.3, 0.4) is 0 Å². The van der Waals surface area contributed by atoms with E-state index in [1.165, 1.54) is 16.7 Å². The normalized spacial score (nSPS) is 16.1. The number of carbonyl (C=O) groups excluding carboxylic acids is 1. The highest BCUT2D eigenvalue weighted by atomic mass is 32.2.